The fraction of sp³-hybridized carbons (Fsp3) is 0.920. The first-order valence-corrected chi connectivity index (χ1v) is 12.6. The molecule has 0 aromatic heterocycles. The van der Waals surface area contributed by atoms with Crippen molar-refractivity contribution in [1.82, 2.24) is 0 Å². The monoisotopic (exact) mass is 416 g/mol. The molecule has 0 unspecified atom stereocenters. The highest BCUT2D eigenvalue weighted by atomic mass is 16.7. The molecule has 2 N–H and O–H groups in total. The molecule has 30 heavy (non-hydrogen) atoms. The second kappa shape index (κ2) is 7.33. The van der Waals surface area contributed by atoms with E-state index in [-0.39, 0.29) is 47.8 Å². The third-order valence-corrected chi connectivity index (χ3v) is 10.4. The summed E-state index contributed by atoms with van der Waals surface area (Å²) in [4.78, 5) is 0. The first-order valence-electron chi connectivity index (χ1n) is 12.6. The molecule has 1 aliphatic heterocycles. The minimum atomic E-state index is -0.353. The molecule has 168 valence electrons. The van der Waals surface area contributed by atoms with E-state index < -0.39 is 0 Å². The number of aliphatic hydroxyl groups excluding tert-OH is 2. The van der Waals surface area contributed by atoms with E-state index in [9.17, 15) is 10.2 Å². The van der Waals surface area contributed by atoms with Gasteiger partial charge >= 0.3 is 7.12 Å². The normalized spacial score (nSPS) is 52.7. The summed E-state index contributed by atoms with van der Waals surface area (Å²) in [7, 11) is -0.115. The molecular weight excluding hydrogens is 375 g/mol. The molecule has 3 saturated carbocycles. The Balaban J connectivity index is 1.46. The van der Waals surface area contributed by atoms with Crippen molar-refractivity contribution < 1.29 is 19.5 Å². The number of unbranched alkanes of at least 4 members (excludes halogenated alkanes) is 1. The highest BCUT2D eigenvalue weighted by molar-refractivity contribution is 6.45. The van der Waals surface area contributed by atoms with Gasteiger partial charge in [0.15, 0.2) is 0 Å². The Kier molecular flexibility index (Phi) is 5.25. The molecule has 0 amide bonds. The zero-order chi connectivity index (χ0) is 21.3. The van der Waals surface area contributed by atoms with Crippen molar-refractivity contribution in [2.24, 2.45) is 28.6 Å². The van der Waals surface area contributed by atoms with Gasteiger partial charge in [0.25, 0.3) is 0 Å². The lowest BCUT2D eigenvalue weighted by Gasteiger charge is -2.59. The highest BCUT2D eigenvalue weighted by Gasteiger charge is 2.71. The van der Waals surface area contributed by atoms with Gasteiger partial charge in [-0.3, -0.25) is 0 Å². The zero-order valence-corrected chi connectivity index (χ0v) is 19.4. The second-order valence-corrected chi connectivity index (χ2v) is 11.7. The molecule has 4 aliphatic carbocycles. The minimum absolute atomic E-state index is 0.0377. The van der Waals surface area contributed by atoms with Crippen molar-refractivity contribution in [1.29, 1.82) is 0 Å². The van der Waals surface area contributed by atoms with Crippen LogP contribution in [0.4, 0.5) is 0 Å². The van der Waals surface area contributed by atoms with Crippen LogP contribution in [-0.2, 0) is 9.31 Å². The van der Waals surface area contributed by atoms with Gasteiger partial charge in [-0.05, 0) is 74.9 Å². The van der Waals surface area contributed by atoms with Crippen LogP contribution in [0.25, 0.3) is 0 Å². The van der Waals surface area contributed by atoms with Crippen LogP contribution >= 0.6 is 0 Å². The van der Waals surface area contributed by atoms with Gasteiger partial charge in [-0.2, -0.15) is 0 Å². The summed E-state index contributed by atoms with van der Waals surface area (Å²) in [5, 5.41) is 21.7. The third kappa shape index (κ3) is 2.81. The number of aliphatic hydroxyl groups is 2. The van der Waals surface area contributed by atoms with E-state index in [1.807, 2.05) is 0 Å². The molecule has 0 aromatic rings. The van der Waals surface area contributed by atoms with E-state index >= 15 is 0 Å². The van der Waals surface area contributed by atoms with Crippen molar-refractivity contribution >= 4 is 7.12 Å². The van der Waals surface area contributed by atoms with Gasteiger partial charge in [0.1, 0.15) is 0 Å². The summed E-state index contributed by atoms with van der Waals surface area (Å²) >= 11 is 0. The van der Waals surface area contributed by atoms with E-state index in [1.165, 1.54) is 12.0 Å². The van der Waals surface area contributed by atoms with Crippen LogP contribution in [0.3, 0.4) is 0 Å². The topological polar surface area (TPSA) is 58.9 Å². The molecule has 9 atom stereocenters. The van der Waals surface area contributed by atoms with Gasteiger partial charge in [-0.1, -0.05) is 45.3 Å². The van der Waals surface area contributed by atoms with Crippen molar-refractivity contribution in [2.75, 3.05) is 0 Å². The number of hydrogen-bond acceptors (Lipinski definition) is 4. The average molecular weight is 416 g/mol. The smallest absolute Gasteiger partial charge is 0.406 e. The average Bonchev–Trinajstić information content (AvgIpc) is 3.14. The van der Waals surface area contributed by atoms with Gasteiger partial charge in [-0.15, -0.1) is 0 Å². The number of fused-ring (bicyclic) bond motifs is 6. The van der Waals surface area contributed by atoms with Gasteiger partial charge in [0, 0.05) is 11.8 Å². The van der Waals surface area contributed by atoms with E-state index in [0.717, 1.165) is 51.3 Å². The van der Waals surface area contributed by atoms with Crippen LogP contribution in [0.15, 0.2) is 11.6 Å². The van der Waals surface area contributed by atoms with E-state index in [1.54, 1.807) is 0 Å². The highest BCUT2D eigenvalue weighted by Crippen LogP contribution is 2.69. The van der Waals surface area contributed by atoms with Gasteiger partial charge in [-0.25, -0.2) is 0 Å². The van der Waals surface area contributed by atoms with Gasteiger partial charge < -0.3 is 19.5 Å². The Bertz CT molecular complexity index is 711. The largest absolute Gasteiger partial charge is 0.457 e. The Hall–Kier alpha value is -0.355. The van der Waals surface area contributed by atoms with E-state index in [4.69, 9.17) is 9.31 Å². The van der Waals surface area contributed by atoms with Crippen LogP contribution in [0.2, 0.25) is 6.32 Å². The molecule has 0 bridgehead atoms. The zero-order valence-electron chi connectivity index (χ0n) is 19.4. The van der Waals surface area contributed by atoms with Crippen LogP contribution in [0, 0.1) is 28.6 Å². The Morgan fingerprint density at radius 1 is 1.20 bits per heavy atom. The Labute approximate surface area is 182 Å². The lowest BCUT2D eigenvalue weighted by molar-refractivity contribution is -0.126. The maximum absolute atomic E-state index is 11.5. The van der Waals surface area contributed by atoms with Gasteiger partial charge in [0.2, 0.25) is 0 Å². The molecule has 0 radical (unpaired) electrons. The summed E-state index contributed by atoms with van der Waals surface area (Å²) in [6, 6.07) is 0. The quantitative estimate of drug-likeness (QED) is 0.515. The van der Waals surface area contributed by atoms with Crippen LogP contribution < -0.4 is 0 Å². The molecule has 5 aliphatic rings. The predicted octanol–water partition coefficient (Wildman–Crippen LogP) is 4.74. The maximum atomic E-state index is 11.5. The molecule has 4 nitrogen and oxygen atoms in total. The molecular formula is C25H41BO4. The van der Waals surface area contributed by atoms with E-state index in [2.05, 4.69) is 33.8 Å². The fourth-order valence-corrected chi connectivity index (χ4v) is 8.78. The maximum Gasteiger partial charge on any atom is 0.457 e. The predicted molar refractivity (Wildman–Crippen MR) is 119 cm³/mol. The summed E-state index contributed by atoms with van der Waals surface area (Å²) in [6.45, 7) is 9.24. The number of allylic oxidation sites excluding steroid dienone is 1. The summed E-state index contributed by atoms with van der Waals surface area (Å²) < 4.78 is 13.1. The molecule has 5 rings (SSSR count). The lowest BCUT2D eigenvalue weighted by atomic mass is 9.46. The molecule has 1 spiro atoms. The molecule has 0 aromatic carbocycles. The second-order valence-electron chi connectivity index (χ2n) is 11.7. The summed E-state index contributed by atoms with van der Waals surface area (Å²) in [5.41, 5.74) is 1.29. The fourth-order valence-electron chi connectivity index (χ4n) is 8.78. The van der Waals surface area contributed by atoms with Crippen LogP contribution in [0.5, 0.6) is 0 Å². The summed E-state index contributed by atoms with van der Waals surface area (Å²) in [5.74, 6) is 1.39. The lowest BCUT2D eigenvalue weighted by Crippen LogP contribution is -2.58. The first kappa shape index (κ1) is 21.5. The Morgan fingerprint density at radius 2 is 2.00 bits per heavy atom. The van der Waals surface area contributed by atoms with Crippen LogP contribution in [0.1, 0.15) is 85.5 Å². The van der Waals surface area contributed by atoms with Gasteiger partial charge in [0.05, 0.1) is 23.9 Å². The first-order chi connectivity index (χ1) is 14.2. The van der Waals surface area contributed by atoms with Crippen molar-refractivity contribution in [2.45, 2.75) is 116 Å². The Morgan fingerprint density at radius 3 is 2.77 bits per heavy atom. The van der Waals surface area contributed by atoms with E-state index in [0.29, 0.717) is 18.3 Å². The molecule has 1 heterocycles. The molecule has 5 heteroatoms. The number of rotatable bonds is 3. The summed E-state index contributed by atoms with van der Waals surface area (Å²) in [6.07, 6.45) is 12.1. The standard InChI is InChI=1S/C25H41BO4/c1-5-6-13-26-29-16(2)25(30-26)15-21(28)22-19-8-7-17-14-18(27)9-11-23(17,3)20(19)10-12-24(22,25)4/h7,16,18-22,27-28H,5-6,8-15H2,1-4H3/t16-,18+,19-,20+,21-,22-,23+,24+,25+/m1/s1. The van der Waals surface area contributed by atoms with Crippen LogP contribution in [-0.4, -0.2) is 41.2 Å². The van der Waals surface area contributed by atoms with Crippen molar-refractivity contribution in [3.8, 4) is 0 Å². The van der Waals surface area contributed by atoms with Crippen molar-refractivity contribution in [3.63, 3.8) is 0 Å². The SMILES string of the molecule is CCCCB1O[C@H](C)[C@]2(C[C@@H](O)[C@H]3[C@@H]4CC=C5C[C@@H](O)CC[C@]5(C)[C@H]4CC[C@@]32C)O1. The molecule has 1 saturated heterocycles. The third-order valence-electron chi connectivity index (χ3n) is 10.4. The minimum Gasteiger partial charge on any atom is -0.406 e. The molecule has 4 fully saturated rings. The van der Waals surface area contributed by atoms with Crippen molar-refractivity contribution in [3.05, 3.63) is 11.6 Å². The number of hydrogen-bond donors (Lipinski definition) is 2.